The smallest absolute Gasteiger partial charge is 0.198 e. The molecule has 0 radical (unpaired) electrons. The van der Waals surface area contributed by atoms with E-state index in [1.54, 1.807) is 17.1 Å². The first-order chi connectivity index (χ1) is 9.25. The summed E-state index contributed by atoms with van der Waals surface area (Å²) < 4.78 is 2.53. The maximum Gasteiger partial charge on any atom is 0.198 e. The quantitative estimate of drug-likeness (QED) is 0.681. The number of hydrogen-bond acceptors (Lipinski definition) is 3. The number of nitrogens with zero attached hydrogens (tertiary/aromatic N) is 2. The molecule has 0 unspecified atom stereocenters. The molecule has 0 bridgehead atoms. The van der Waals surface area contributed by atoms with Gasteiger partial charge in [-0.15, -0.1) is 0 Å². The van der Waals surface area contributed by atoms with Crippen molar-refractivity contribution in [2.45, 2.75) is 0 Å². The molecule has 0 aliphatic heterocycles. The number of thiophene rings is 1. The average Bonchev–Trinajstić information content (AvgIpc) is 3.08. The van der Waals surface area contributed by atoms with Crippen molar-refractivity contribution in [1.82, 2.24) is 9.78 Å². The molecule has 1 aromatic carbocycles. The minimum atomic E-state index is -0.0182. The molecular formula is C14H9BrN2OS. The van der Waals surface area contributed by atoms with Gasteiger partial charge in [0.15, 0.2) is 5.78 Å². The molecule has 0 fully saturated rings. The van der Waals surface area contributed by atoms with E-state index < -0.39 is 0 Å². The molecular weight excluding hydrogens is 324 g/mol. The van der Waals surface area contributed by atoms with Crippen molar-refractivity contribution in [2.75, 3.05) is 0 Å². The Hall–Kier alpha value is -1.72. The molecule has 3 nitrogen and oxygen atoms in total. The molecule has 0 atom stereocenters. The van der Waals surface area contributed by atoms with Crippen molar-refractivity contribution >= 4 is 33.0 Å². The van der Waals surface area contributed by atoms with Crippen LogP contribution in [0.15, 0.2) is 58.0 Å². The molecule has 0 N–H and O–H groups in total. The zero-order valence-electron chi connectivity index (χ0n) is 9.79. The number of carbonyl (C=O) groups excluding carboxylic acids is 1. The second-order valence-corrected chi connectivity index (χ2v) is 5.57. The third-order valence-corrected chi connectivity index (χ3v) is 4.43. The summed E-state index contributed by atoms with van der Waals surface area (Å²) >= 11 is 4.88. The van der Waals surface area contributed by atoms with Crippen LogP contribution in [0, 0.1) is 0 Å². The van der Waals surface area contributed by atoms with Crippen LogP contribution in [-0.2, 0) is 0 Å². The second-order valence-electron chi connectivity index (χ2n) is 3.97. The van der Waals surface area contributed by atoms with Crippen molar-refractivity contribution < 1.29 is 4.79 Å². The molecule has 0 saturated heterocycles. The van der Waals surface area contributed by atoms with Crippen LogP contribution in [0.2, 0.25) is 0 Å². The molecule has 0 aliphatic carbocycles. The molecule has 19 heavy (non-hydrogen) atoms. The van der Waals surface area contributed by atoms with Crippen molar-refractivity contribution in [3.8, 4) is 5.69 Å². The van der Waals surface area contributed by atoms with Gasteiger partial charge in [-0.25, -0.2) is 4.68 Å². The summed E-state index contributed by atoms with van der Waals surface area (Å²) in [7, 11) is 0. The average molecular weight is 333 g/mol. The Labute approximate surface area is 122 Å². The summed E-state index contributed by atoms with van der Waals surface area (Å²) in [6.07, 6.45) is 3.35. The van der Waals surface area contributed by atoms with E-state index in [2.05, 4.69) is 21.0 Å². The number of aromatic nitrogens is 2. The lowest BCUT2D eigenvalue weighted by Gasteiger charge is -1.99. The molecule has 0 saturated carbocycles. The van der Waals surface area contributed by atoms with Crippen LogP contribution in [0.1, 0.15) is 15.9 Å². The van der Waals surface area contributed by atoms with Gasteiger partial charge in [0.05, 0.1) is 17.4 Å². The Balaban J connectivity index is 1.94. The highest BCUT2D eigenvalue weighted by Gasteiger charge is 2.15. The number of ketones is 1. The summed E-state index contributed by atoms with van der Waals surface area (Å²) in [6, 6.07) is 9.72. The first-order valence-electron chi connectivity index (χ1n) is 5.62. The van der Waals surface area contributed by atoms with E-state index in [9.17, 15) is 4.79 Å². The third-order valence-electron chi connectivity index (χ3n) is 2.72. The van der Waals surface area contributed by atoms with Crippen LogP contribution in [0.3, 0.4) is 0 Å². The number of para-hydroxylation sites is 1. The molecule has 3 rings (SSSR count). The van der Waals surface area contributed by atoms with Gasteiger partial charge < -0.3 is 0 Å². The Bertz CT molecular complexity index is 718. The molecule has 0 aliphatic rings. The van der Waals surface area contributed by atoms with Gasteiger partial charge in [0.1, 0.15) is 0 Å². The van der Waals surface area contributed by atoms with Gasteiger partial charge in [-0.05, 0) is 28.1 Å². The van der Waals surface area contributed by atoms with Crippen molar-refractivity contribution in [2.24, 2.45) is 0 Å². The van der Waals surface area contributed by atoms with Gasteiger partial charge in [-0.2, -0.15) is 16.4 Å². The fourth-order valence-corrected chi connectivity index (χ4v) is 3.22. The standard InChI is InChI=1S/C14H9BrN2OS/c15-13-9-19-8-12(13)14(18)10-6-16-17(7-10)11-4-2-1-3-5-11/h1-9H. The molecule has 94 valence electrons. The van der Waals surface area contributed by atoms with Crippen LogP contribution in [-0.4, -0.2) is 15.6 Å². The van der Waals surface area contributed by atoms with E-state index in [0.717, 1.165) is 10.2 Å². The SMILES string of the molecule is O=C(c1cnn(-c2ccccc2)c1)c1cscc1Br. The highest BCUT2D eigenvalue weighted by atomic mass is 79.9. The zero-order valence-corrected chi connectivity index (χ0v) is 12.2. The Morgan fingerprint density at radius 2 is 2.00 bits per heavy atom. The predicted octanol–water partition coefficient (Wildman–Crippen LogP) is 3.93. The minimum absolute atomic E-state index is 0.0182. The monoisotopic (exact) mass is 332 g/mol. The molecule has 0 spiro atoms. The predicted molar refractivity (Wildman–Crippen MR) is 79.0 cm³/mol. The Morgan fingerprint density at radius 3 is 2.68 bits per heavy atom. The normalized spacial score (nSPS) is 10.6. The first-order valence-corrected chi connectivity index (χ1v) is 7.36. The van der Waals surface area contributed by atoms with Gasteiger partial charge in [-0.1, -0.05) is 18.2 Å². The number of hydrogen-bond donors (Lipinski definition) is 0. The summed E-state index contributed by atoms with van der Waals surface area (Å²) in [5, 5.41) is 7.97. The van der Waals surface area contributed by atoms with E-state index >= 15 is 0 Å². The Morgan fingerprint density at radius 1 is 1.21 bits per heavy atom. The van der Waals surface area contributed by atoms with Gasteiger partial charge in [0, 0.05) is 27.0 Å². The van der Waals surface area contributed by atoms with E-state index in [1.165, 1.54) is 11.3 Å². The van der Waals surface area contributed by atoms with Gasteiger partial charge in [-0.3, -0.25) is 4.79 Å². The first kappa shape index (κ1) is 12.3. The molecule has 2 aromatic heterocycles. The number of rotatable bonds is 3. The highest BCUT2D eigenvalue weighted by molar-refractivity contribution is 9.10. The Kier molecular flexibility index (Phi) is 3.31. The van der Waals surface area contributed by atoms with Crippen LogP contribution >= 0.6 is 27.3 Å². The lowest BCUT2D eigenvalue weighted by Crippen LogP contribution is -1.99. The van der Waals surface area contributed by atoms with Crippen LogP contribution in [0.5, 0.6) is 0 Å². The zero-order chi connectivity index (χ0) is 13.2. The van der Waals surface area contributed by atoms with Gasteiger partial charge in [0.25, 0.3) is 0 Å². The van der Waals surface area contributed by atoms with Crippen LogP contribution in [0.25, 0.3) is 5.69 Å². The third kappa shape index (κ3) is 2.39. The summed E-state index contributed by atoms with van der Waals surface area (Å²) in [6.45, 7) is 0. The lowest BCUT2D eigenvalue weighted by atomic mass is 10.1. The summed E-state index contributed by atoms with van der Waals surface area (Å²) in [4.78, 5) is 12.3. The van der Waals surface area contributed by atoms with E-state index in [-0.39, 0.29) is 5.78 Å². The van der Waals surface area contributed by atoms with E-state index in [4.69, 9.17) is 0 Å². The maximum atomic E-state index is 12.3. The summed E-state index contributed by atoms with van der Waals surface area (Å²) in [5.41, 5.74) is 2.20. The molecule has 0 amide bonds. The minimum Gasteiger partial charge on any atom is -0.288 e. The molecule has 3 aromatic rings. The second kappa shape index (κ2) is 5.11. The van der Waals surface area contributed by atoms with Crippen LogP contribution < -0.4 is 0 Å². The largest absolute Gasteiger partial charge is 0.288 e. The summed E-state index contributed by atoms with van der Waals surface area (Å²) in [5.74, 6) is -0.0182. The van der Waals surface area contributed by atoms with E-state index in [0.29, 0.717) is 11.1 Å². The fraction of sp³-hybridized carbons (Fsp3) is 0. The topological polar surface area (TPSA) is 34.9 Å². The molecule has 2 heterocycles. The van der Waals surface area contributed by atoms with Crippen molar-refractivity contribution in [3.05, 3.63) is 69.1 Å². The van der Waals surface area contributed by atoms with Crippen molar-refractivity contribution in [1.29, 1.82) is 0 Å². The number of halogens is 1. The van der Waals surface area contributed by atoms with Crippen LogP contribution in [0.4, 0.5) is 0 Å². The van der Waals surface area contributed by atoms with Crippen molar-refractivity contribution in [3.63, 3.8) is 0 Å². The fourth-order valence-electron chi connectivity index (χ4n) is 1.76. The van der Waals surface area contributed by atoms with Gasteiger partial charge >= 0.3 is 0 Å². The highest BCUT2D eigenvalue weighted by Crippen LogP contribution is 2.24. The maximum absolute atomic E-state index is 12.3. The van der Waals surface area contributed by atoms with Gasteiger partial charge in [0.2, 0.25) is 0 Å². The van der Waals surface area contributed by atoms with E-state index in [1.807, 2.05) is 41.1 Å². The molecule has 5 heteroatoms. The number of carbonyl (C=O) groups is 1. The lowest BCUT2D eigenvalue weighted by molar-refractivity contribution is 0.103. The number of benzene rings is 1.